The Morgan fingerprint density at radius 2 is 1.89 bits per heavy atom. The van der Waals surface area contributed by atoms with Crippen molar-refractivity contribution < 1.29 is 27.8 Å². The predicted molar refractivity (Wildman–Crippen MR) is 62.6 cm³/mol. The number of aliphatic hydroxyl groups is 1. The maximum atomic E-state index is 12.8. The van der Waals surface area contributed by atoms with Crippen molar-refractivity contribution in [2.24, 2.45) is 5.41 Å². The molecule has 0 aromatic rings. The van der Waals surface area contributed by atoms with Gasteiger partial charge in [-0.15, -0.1) is 0 Å². The summed E-state index contributed by atoms with van der Waals surface area (Å²) < 4.78 is 43.3. The molecule has 0 saturated heterocycles. The summed E-state index contributed by atoms with van der Waals surface area (Å²) in [7, 11) is 0. The molecule has 0 aliphatic heterocycles. The SMILES string of the molecule is CC(C)(C)OC(=O)NC(CO)CC1(C(F)(F)F)CC1. The number of hydrogen-bond donors (Lipinski definition) is 2. The molecule has 2 N–H and O–H groups in total. The number of hydrogen-bond acceptors (Lipinski definition) is 3. The Kier molecular flexibility index (Phi) is 4.39. The van der Waals surface area contributed by atoms with Crippen LogP contribution in [0.15, 0.2) is 0 Å². The molecule has 1 fully saturated rings. The van der Waals surface area contributed by atoms with Crippen molar-refractivity contribution in [1.29, 1.82) is 0 Å². The molecule has 1 atom stereocenters. The largest absolute Gasteiger partial charge is 0.444 e. The smallest absolute Gasteiger partial charge is 0.407 e. The Labute approximate surface area is 110 Å². The summed E-state index contributed by atoms with van der Waals surface area (Å²) in [6.45, 7) is 4.41. The highest BCUT2D eigenvalue weighted by atomic mass is 19.4. The van der Waals surface area contributed by atoms with Gasteiger partial charge in [0.1, 0.15) is 5.60 Å². The molecule has 0 spiro atoms. The zero-order valence-electron chi connectivity index (χ0n) is 11.3. The standard InChI is InChI=1S/C12H20F3NO3/c1-10(2,3)19-9(18)16-8(7-17)6-11(4-5-11)12(13,14)15/h8,17H,4-7H2,1-3H3,(H,16,18). The van der Waals surface area contributed by atoms with E-state index in [9.17, 15) is 18.0 Å². The number of alkyl carbamates (subject to hydrolysis) is 1. The normalized spacial score (nSPS) is 19.7. The summed E-state index contributed by atoms with van der Waals surface area (Å²) in [6, 6.07) is -0.945. The second-order valence-corrected chi connectivity index (χ2v) is 6.01. The highest BCUT2D eigenvalue weighted by molar-refractivity contribution is 5.68. The molecule has 1 aliphatic carbocycles. The lowest BCUT2D eigenvalue weighted by atomic mass is 9.96. The molecule has 1 unspecified atom stereocenters. The topological polar surface area (TPSA) is 58.6 Å². The maximum absolute atomic E-state index is 12.8. The molecule has 4 nitrogen and oxygen atoms in total. The summed E-state index contributed by atoms with van der Waals surface area (Å²) in [5.41, 5.74) is -2.49. The maximum Gasteiger partial charge on any atom is 0.407 e. The molecule has 112 valence electrons. The molecular formula is C12H20F3NO3. The highest BCUT2D eigenvalue weighted by Gasteiger charge is 2.63. The second kappa shape index (κ2) is 5.19. The van der Waals surface area contributed by atoms with Crippen LogP contribution in [0.3, 0.4) is 0 Å². The number of rotatable bonds is 4. The summed E-state index contributed by atoms with van der Waals surface area (Å²) >= 11 is 0. The van der Waals surface area contributed by atoms with E-state index in [1.165, 1.54) is 0 Å². The van der Waals surface area contributed by atoms with Gasteiger partial charge in [0, 0.05) is 0 Å². The molecule has 7 heteroatoms. The molecule has 1 amide bonds. The van der Waals surface area contributed by atoms with Crippen molar-refractivity contribution in [1.82, 2.24) is 5.32 Å². The van der Waals surface area contributed by atoms with Gasteiger partial charge in [-0.25, -0.2) is 4.79 Å². The minimum atomic E-state index is -4.30. The minimum absolute atomic E-state index is 0.0446. The zero-order chi connectivity index (χ0) is 14.9. The average molecular weight is 283 g/mol. The van der Waals surface area contributed by atoms with Crippen molar-refractivity contribution in [2.75, 3.05) is 6.61 Å². The van der Waals surface area contributed by atoms with Crippen LogP contribution in [-0.4, -0.2) is 35.6 Å². The quantitative estimate of drug-likeness (QED) is 0.833. The summed E-state index contributed by atoms with van der Waals surface area (Å²) in [5.74, 6) is 0. The lowest BCUT2D eigenvalue weighted by Gasteiger charge is -2.26. The van der Waals surface area contributed by atoms with Crippen molar-refractivity contribution in [3.05, 3.63) is 0 Å². The Morgan fingerprint density at radius 3 is 2.21 bits per heavy atom. The van der Waals surface area contributed by atoms with Crippen LogP contribution in [0.25, 0.3) is 0 Å². The molecule has 0 aromatic carbocycles. The molecule has 0 bridgehead atoms. The number of amides is 1. The van der Waals surface area contributed by atoms with Crippen molar-refractivity contribution in [3.8, 4) is 0 Å². The van der Waals surface area contributed by atoms with Gasteiger partial charge >= 0.3 is 12.3 Å². The summed E-state index contributed by atoms with van der Waals surface area (Å²) in [4.78, 5) is 11.5. The Balaban J connectivity index is 2.54. The van der Waals surface area contributed by atoms with Crippen LogP contribution < -0.4 is 5.32 Å². The Hall–Kier alpha value is -0.980. The third-order valence-electron chi connectivity index (χ3n) is 3.03. The van der Waals surface area contributed by atoms with E-state index in [4.69, 9.17) is 9.84 Å². The van der Waals surface area contributed by atoms with Gasteiger partial charge in [-0.1, -0.05) is 0 Å². The number of alkyl halides is 3. The van der Waals surface area contributed by atoms with Crippen LogP contribution in [0.1, 0.15) is 40.0 Å². The van der Waals surface area contributed by atoms with Crippen molar-refractivity contribution >= 4 is 6.09 Å². The van der Waals surface area contributed by atoms with E-state index in [0.29, 0.717) is 0 Å². The number of nitrogens with one attached hydrogen (secondary N) is 1. The number of ether oxygens (including phenoxy) is 1. The van der Waals surface area contributed by atoms with Crippen LogP contribution in [0.4, 0.5) is 18.0 Å². The molecule has 1 saturated carbocycles. The van der Waals surface area contributed by atoms with Crippen LogP contribution in [0.2, 0.25) is 0 Å². The molecular weight excluding hydrogens is 263 g/mol. The molecule has 1 aliphatic rings. The van der Waals surface area contributed by atoms with Crippen molar-refractivity contribution in [2.45, 2.75) is 57.9 Å². The third kappa shape index (κ3) is 4.56. The average Bonchev–Trinajstić information content (AvgIpc) is 2.93. The summed E-state index contributed by atoms with van der Waals surface area (Å²) in [6.07, 6.45) is -5.33. The molecule has 1 rings (SSSR count). The van der Waals surface area contributed by atoms with Crippen molar-refractivity contribution in [3.63, 3.8) is 0 Å². The van der Waals surface area contributed by atoms with Gasteiger partial charge in [0.25, 0.3) is 0 Å². The molecule has 19 heavy (non-hydrogen) atoms. The van der Waals surface area contributed by atoms with Gasteiger partial charge in [-0.05, 0) is 40.0 Å². The van der Waals surface area contributed by atoms with Gasteiger partial charge < -0.3 is 15.2 Å². The lowest BCUT2D eigenvalue weighted by Crippen LogP contribution is -2.44. The fourth-order valence-corrected chi connectivity index (χ4v) is 1.86. The zero-order valence-corrected chi connectivity index (χ0v) is 11.3. The van der Waals surface area contributed by atoms with Gasteiger partial charge in [-0.3, -0.25) is 0 Å². The number of carbonyl (C=O) groups is 1. The van der Waals surface area contributed by atoms with E-state index in [-0.39, 0.29) is 19.3 Å². The Bertz CT molecular complexity index is 332. The summed E-state index contributed by atoms with van der Waals surface area (Å²) in [5, 5.41) is 11.4. The first-order valence-electron chi connectivity index (χ1n) is 6.16. The Morgan fingerprint density at radius 1 is 1.37 bits per heavy atom. The van der Waals surface area contributed by atoms with Gasteiger partial charge in [0.15, 0.2) is 0 Å². The third-order valence-corrected chi connectivity index (χ3v) is 3.03. The molecule has 0 heterocycles. The van der Waals surface area contributed by atoms with E-state index in [1.54, 1.807) is 20.8 Å². The van der Waals surface area contributed by atoms with Gasteiger partial charge in [0.05, 0.1) is 18.1 Å². The monoisotopic (exact) mass is 283 g/mol. The van der Waals surface area contributed by atoms with E-state index in [0.717, 1.165) is 0 Å². The van der Waals surface area contributed by atoms with E-state index < -0.39 is 35.9 Å². The van der Waals surface area contributed by atoms with E-state index in [2.05, 4.69) is 5.32 Å². The number of carbonyl (C=O) groups excluding carboxylic acids is 1. The van der Waals surface area contributed by atoms with Gasteiger partial charge in [-0.2, -0.15) is 13.2 Å². The number of aliphatic hydroxyl groups excluding tert-OH is 1. The first kappa shape index (κ1) is 16.1. The second-order valence-electron chi connectivity index (χ2n) is 6.01. The van der Waals surface area contributed by atoms with Crippen LogP contribution in [0, 0.1) is 5.41 Å². The number of halogens is 3. The van der Waals surface area contributed by atoms with Crippen LogP contribution in [0.5, 0.6) is 0 Å². The van der Waals surface area contributed by atoms with E-state index in [1.807, 2.05) is 0 Å². The van der Waals surface area contributed by atoms with Crippen LogP contribution >= 0.6 is 0 Å². The van der Waals surface area contributed by atoms with E-state index >= 15 is 0 Å². The minimum Gasteiger partial charge on any atom is -0.444 e. The fourth-order valence-electron chi connectivity index (χ4n) is 1.86. The molecule has 0 aromatic heterocycles. The predicted octanol–water partition coefficient (Wildman–Crippen LogP) is 2.60. The first-order chi connectivity index (χ1) is 8.49. The lowest BCUT2D eigenvalue weighted by molar-refractivity contribution is -0.191. The fraction of sp³-hybridized carbons (Fsp3) is 0.917. The van der Waals surface area contributed by atoms with Crippen LogP contribution in [-0.2, 0) is 4.74 Å². The van der Waals surface area contributed by atoms with Gasteiger partial charge in [0.2, 0.25) is 0 Å². The molecule has 0 radical (unpaired) electrons. The first-order valence-corrected chi connectivity index (χ1v) is 6.16. The highest BCUT2D eigenvalue weighted by Crippen LogP contribution is 2.60.